The van der Waals surface area contributed by atoms with Crippen molar-refractivity contribution in [3.05, 3.63) is 58.0 Å². The summed E-state index contributed by atoms with van der Waals surface area (Å²) in [6.07, 6.45) is 0.810. The largest absolute Gasteiger partial charge is 0.420 e. The van der Waals surface area contributed by atoms with Crippen LogP contribution in [-0.4, -0.2) is 21.4 Å². The maximum atomic E-state index is 14.9. The molecule has 9 heteroatoms. The van der Waals surface area contributed by atoms with E-state index in [0.29, 0.717) is 17.1 Å². The fraction of sp³-hybridized carbons (Fsp3) is 0.238. The molecule has 3 N–H and O–H groups in total. The maximum absolute atomic E-state index is 14.9. The highest BCUT2D eigenvalue weighted by atomic mass is 19.1. The maximum Gasteiger partial charge on any atom is 0.420 e. The van der Waals surface area contributed by atoms with Crippen molar-refractivity contribution in [1.82, 2.24) is 14.9 Å². The van der Waals surface area contributed by atoms with E-state index in [1.807, 2.05) is 19.2 Å². The van der Waals surface area contributed by atoms with Gasteiger partial charge in [-0.1, -0.05) is 6.07 Å². The Hall–Kier alpha value is -3.75. The normalized spacial score (nSPS) is 19.5. The lowest BCUT2D eigenvalue weighted by molar-refractivity contribution is -0.135. The summed E-state index contributed by atoms with van der Waals surface area (Å²) in [4.78, 5) is 40.1. The van der Waals surface area contributed by atoms with Gasteiger partial charge in [0.05, 0.1) is 18.8 Å². The van der Waals surface area contributed by atoms with Crippen molar-refractivity contribution in [2.45, 2.75) is 32.7 Å². The fourth-order valence-electron chi connectivity index (χ4n) is 3.27. The van der Waals surface area contributed by atoms with Gasteiger partial charge in [-0.2, -0.15) is 0 Å². The van der Waals surface area contributed by atoms with Gasteiger partial charge in [0, 0.05) is 12.0 Å². The molecule has 2 aromatic heterocycles. The molecule has 1 saturated heterocycles. The number of anilines is 1. The molecule has 0 aliphatic carbocycles. The van der Waals surface area contributed by atoms with Crippen LogP contribution >= 0.6 is 0 Å². The number of oxazole rings is 1. The van der Waals surface area contributed by atoms with Crippen molar-refractivity contribution in [2.24, 2.45) is 0 Å². The number of carbonyl (C=O) groups is 2. The number of aromatic nitrogens is 2. The first-order valence-electron chi connectivity index (χ1n) is 9.71. The molecule has 1 aliphatic heterocycles. The monoisotopic (exact) mass is 411 g/mol. The Morgan fingerprint density at radius 2 is 2.07 bits per heavy atom. The first-order chi connectivity index (χ1) is 14.6. The molecule has 3 aromatic rings. The predicted molar refractivity (Wildman–Crippen MR) is 107 cm³/mol. The van der Waals surface area contributed by atoms with Gasteiger partial charge in [-0.25, -0.2) is 14.2 Å². The number of halogens is 1. The minimum absolute atomic E-state index is 0.0210. The predicted octanol–water partition coefficient (Wildman–Crippen LogP) is 2.49. The summed E-state index contributed by atoms with van der Waals surface area (Å²) in [6.45, 7) is 3.73. The average molecular weight is 411 g/mol. The second kappa shape index (κ2) is 7.25. The second-order valence-corrected chi connectivity index (χ2v) is 7.08. The van der Waals surface area contributed by atoms with Crippen LogP contribution in [0.15, 0.2) is 39.7 Å². The van der Waals surface area contributed by atoms with Gasteiger partial charge in [0.25, 0.3) is 0 Å². The van der Waals surface area contributed by atoms with Crippen LogP contribution in [0.25, 0.3) is 22.6 Å². The number of hydrogen-bond donors (Lipinski definition) is 2. The number of nitrogen functional groups attached to an aromatic ring is 1. The number of rotatable bonds is 3. The molecule has 1 aliphatic rings. The number of pyridine rings is 1. The molecule has 0 spiro atoms. The summed E-state index contributed by atoms with van der Waals surface area (Å²) in [7, 11) is 0. The molecular weight excluding hydrogens is 391 g/mol. The topological polar surface area (TPSA) is 120 Å². The van der Waals surface area contributed by atoms with E-state index in [0.717, 1.165) is 21.9 Å². The van der Waals surface area contributed by atoms with Gasteiger partial charge in [0.15, 0.2) is 5.76 Å². The van der Waals surface area contributed by atoms with Crippen LogP contribution in [0.1, 0.15) is 31.4 Å². The zero-order valence-corrected chi connectivity index (χ0v) is 16.3. The summed E-state index contributed by atoms with van der Waals surface area (Å²) < 4.78 is 29.2. The number of nitrogens with two attached hydrogens (primary N) is 1. The molecule has 30 heavy (non-hydrogen) atoms. The Labute approximate surface area is 171 Å². The standard InChI is InChI=1S/C21H19FN4O4/c1-10-7-15(24-19(23)11(10)2)12-3-4-13(14(22)8-12)17-9-26(21(29)30-17)16-5-6-18(27)25-20(16)28/h3-4,7-9,16H,5-6H2,1-2H3,(H2,23,24)(H,25,27,28)/i16D. The highest BCUT2D eigenvalue weighted by molar-refractivity contribution is 5.99. The number of carbonyl (C=O) groups excluding carboxylic acids is 2. The lowest BCUT2D eigenvalue weighted by Crippen LogP contribution is -2.43. The molecule has 1 fully saturated rings. The first-order valence-corrected chi connectivity index (χ1v) is 9.21. The van der Waals surface area contributed by atoms with Crippen LogP contribution in [0.5, 0.6) is 0 Å². The van der Waals surface area contributed by atoms with Crippen LogP contribution in [0.4, 0.5) is 10.2 Å². The summed E-state index contributed by atoms with van der Waals surface area (Å²) in [5.41, 5.74) is 8.64. The van der Waals surface area contributed by atoms with Crippen LogP contribution in [0.2, 0.25) is 0 Å². The van der Waals surface area contributed by atoms with Crippen molar-refractivity contribution < 1.29 is 19.8 Å². The van der Waals surface area contributed by atoms with Crippen molar-refractivity contribution in [2.75, 3.05) is 5.73 Å². The Balaban J connectivity index is 1.72. The van der Waals surface area contributed by atoms with Crippen molar-refractivity contribution in [3.8, 4) is 22.6 Å². The third kappa shape index (κ3) is 3.38. The minimum Gasteiger partial charge on any atom is -0.408 e. The molecule has 4 rings (SSSR count). The van der Waals surface area contributed by atoms with Gasteiger partial charge in [0.2, 0.25) is 11.8 Å². The third-order valence-corrected chi connectivity index (χ3v) is 5.14. The number of hydrogen-bond acceptors (Lipinski definition) is 6. The number of aryl methyl sites for hydroxylation is 1. The number of imide groups is 1. The van der Waals surface area contributed by atoms with E-state index >= 15 is 0 Å². The van der Waals surface area contributed by atoms with Crippen LogP contribution in [0, 0.1) is 19.7 Å². The zero-order valence-electron chi connectivity index (χ0n) is 17.3. The average Bonchev–Trinajstić information content (AvgIpc) is 3.10. The molecule has 3 heterocycles. The molecule has 0 saturated carbocycles. The molecule has 8 nitrogen and oxygen atoms in total. The number of nitrogens with zero attached hydrogens (tertiary/aromatic N) is 2. The van der Waals surface area contributed by atoms with Crippen molar-refractivity contribution >= 4 is 17.6 Å². The molecule has 1 unspecified atom stereocenters. The van der Waals surface area contributed by atoms with Crippen molar-refractivity contribution in [3.63, 3.8) is 0 Å². The highest BCUT2D eigenvalue weighted by Crippen LogP contribution is 2.29. The second-order valence-electron chi connectivity index (χ2n) is 7.08. The Morgan fingerprint density at radius 1 is 1.30 bits per heavy atom. The lowest BCUT2D eigenvalue weighted by Gasteiger charge is -2.20. The van der Waals surface area contributed by atoms with Gasteiger partial charge >= 0.3 is 5.76 Å². The molecule has 1 aromatic carbocycles. The highest BCUT2D eigenvalue weighted by Gasteiger charge is 2.30. The van der Waals surface area contributed by atoms with Gasteiger partial charge in [0.1, 0.15) is 17.7 Å². The molecule has 0 bridgehead atoms. The molecule has 2 amide bonds. The molecule has 0 radical (unpaired) electrons. The van der Waals surface area contributed by atoms with Crippen LogP contribution in [-0.2, 0) is 9.59 Å². The van der Waals surface area contributed by atoms with Crippen LogP contribution < -0.4 is 16.8 Å². The van der Waals surface area contributed by atoms with E-state index in [1.54, 1.807) is 12.1 Å². The van der Waals surface area contributed by atoms with E-state index in [4.69, 9.17) is 11.5 Å². The van der Waals surface area contributed by atoms with E-state index in [2.05, 4.69) is 4.98 Å². The van der Waals surface area contributed by atoms with Gasteiger partial charge in [-0.05, 0) is 49.6 Å². The fourth-order valence-corrected chi connectivity index (χ4v) is 3.27. The Kier molecular flexibility index (Phi) is 4.42. The number of benzene rings is 1. The molecule has 1 atom stereocenters. The smallest absolute Gasteiger partial charge is 0.408 e. The van der Waals surface area contributed by atoms with Gasteiger partial charge < -0.3 is 10.2 Å². The van der Waals surface area contributed by atoms with Crippen LogP contribution in [0.3, 0.4) is 0 Å². The summed E-state index contributed by atoms with van der Waals surface area (Å²) >= 11 is 0. The summed E-state index contributed by atoms with van der Waals surface area (Å²) in [5, 5.41) is 2.04. The number of piperidine rings is 1. The number of nitrogens with one attached hydrogen (secondary N) is 1. The minimum atomic E-state index is -2.05. The molecule has 154 valence electrons. The van der Waals surface area contributed by atoms with E-state index in [9.17, 15) is 18.8 Å². The Bertz CT molecular complexity index is 1280. The quantitative estimate of drug-likeness (QED) is 0.639. The van der Waals surface area contributed by atoms with Gasteiger partial charge in [-0.3, -0.25) is 19.5 Å². The zero-order chi connectivity index (χ0) is 22.5. The van der Waals surface area contributed by atoms with E-state index in [1.165, 1.54) is 12.1 Å². The third-order valence-electron chi connectivity index (χ3n) is 5.14. The van der Waals surface area contributed by atoms with E-state index < -0.39 is 29.4 Å². The van der Waals surface area contributed by atoms with Gasteiger partial charge in [-0.15, -0.1) is 0 Å². The summed E-state index contributed by atoms with van der Waals surface area (Å²) in [6, 6.07) is 4.01. The lowest BCUT2D eigenvalue weighted by atomic mass is 10.0. The number of amides is 2. The van der Waals surface area contributed by atoms with E-state index in [-0.39, 0.29) is 24.2 Å². The van der Waals surface area contributed by atoms with Crippen molar-refractivity contribution in [1.29, 1.82) is 0 Å². The molecular formula is C21H19FN4O4. The summed E-state index contributed by atoms with van der Waals surface area (Å²) in [5.74, 6) is -2.93. The SMILES string of the molecule is [2H]C1(n2cc(-c3ccc(-c4cc(C)c(C)c(N)n4)cc3F)oc2=O)CCC(=O)NC1=O. The Morgan fingerprint density at radius 3 is 2.73 bits per heavy atom. The first kappa shape index (κ1) is 18.3.